The fraction of sp³-hybridized carbons (Fsp3) is 0.455. The van der Waals surface area contributed by atoms with Crippen LogP contribution in [0.25, 0.3) is 10.4 Å². The van der Waals surface area contributed by atoms with E-state index in [1.807, 2.05) is 13.8 Å². The highest BCUT2D eigenvalue weighted by Crippen LogP contribution is 2.47. The van der Waals surface area contributed by atoms with Crippen LogP contribution in [0.1, 0.15) is 26.7 Å². The molecule has 0 radical (unpaired) electrons. The van der Waals surface area contributed by atoms with Crippen molar-refractivity contribution < 1.29 is 14.4 Å². The molecule has 2 rings (SSSR count). The summed E-state index contributed by atoms with van der Waals surface area (Å²) >= 11 is 0. The maximum absolute atomic E-state index is 10.9. The molecule has 100 valence electrons. The van der Waals surface area contributed by atoms with E-state index in [4.69, 9.17) is 15.0 Å². The maximum atomic E-state index is 10.9. The zero-order chi connectivity index (χ0) is 14.0. The molecule has 1 aromatic rings. The van der Waals surface area contributed by atoms with Crippen LogP contribution in [0.3, 0.4) is 0 Å². The van der Waals surface area contributed by atoms with Gasteiger partial charge in [-0.2, -0.15) is 0 Å². The van der Waals surface area contributed by atoms with Crippen molar-refractivity contribution in [2.75, 3.05) is 0 Å². The number of nitro benzene ring substituents is 1. The predicted molar refractivity (Wildman–Crippen MR) is 66.5 cm³/mol. The Morgan fingerprint density at radius 1 is 1.37 bits per heavy atom. The lowest BCUT2D eigenvalue weighted by molar-refractivity contribution is -0.384. The number of hydrogen-bond acceptors (Lipinski definition) is 5. The molecule has 1 aliphatic rings. The molecular formula is C11H12N4O4. The van der Waals surface area contributed by atoms with Crippen LogP contribution in [0.4, 0.5) is 11.4 Å². The van der Waals surface area contributed by atoms with Gasteiger partial charge in [0.05, 0.1) is 11.0 Å². The lowest BCUT2D eigenvalue weighted by Crippen LogP contribution is -2.36. The third kappa shape index (κ3) is 2.13. The number of fused-ring (bicyclic) bond motifs is 1. The van der Waals surface area contributed by atoms with Gasteiger partial charge in [0.25, 0.3) is 11.5 Å². The average molecular weight is 264 g/mol. The Kier molecular flexibility index (Phi) is 3.18. The molecule has 1 aliphatic heterocycles. The van der Waals surface area contributed by atoms with E-state index in [-0.39, 0.29) is 11.4 Å². The fourth-order valence-electron chi connectivity index (χ4n) is 1.93. The Balaban J connectivity index is 2.52. The van der Waals surface area contributed by atoms with Gasteiger partial charge in [-0.3, -0.25) is 10.1 Å². The second-order valence-corrected chi connectivity index (χ2v) is 4.06. The zero-order valence-electron chi connectivity index (χ0n) is 10.5. The normalized spacial score (nSPS) is 14.8. The standard InChI is InChI=1S/C11H12N4O4/c1-3-11(4-2)18-9-5-7(13-14-12)8(15(16)17)6-10(9)19-11/h5-6H,3-4H2,1-2H3. The van der Waals surface area contributed by atoms with Gasteiger partial charge in [0.15, 0.2) is 11.5 Å². The summed E-state index contributed by atoms with van der Waals surface area (Å²) in [6.45, 7) is 3.80. The van der Waals surface area contributed by atoms with Crippen molar-refractivity contribution in [1.82, 2.24) is 0 Å². The monoisotopic (exact) mass is 264 g/mol. The molecule has 0 unspecified atom stereocenters. The van der Waals surface area contributed by atoms with E-state index in [1.54, 1.807) is 0 Å². The van der Waals surface area contributed by atoms with Crippen molar-refractivity contribution in [3.63, 3.8) is 0 Å². The molecule has 0 aliphatic carbocycles. The molecule has 0 saturated carbocycles. The summed E-state index contributed by atoms with van der Waals surface area (Å²) in [7, 11) is 0. The van der Waals surface area contributed by atoms with Gasteiger partial charge in [-0.15, -0.1) is 0 Å². The van der Waals surface area contributed by atoms with Crippen LogP contribution in [0.15, 0.2) is 17.2 Å². The van der Waals surface area contributed by atoms with Crippen LogP contribution in [0.2, 0.25) is 0 Å². The summed E-state index contributed by atoms with van der Waals surface area (Å²) < 4.78 is 11.3. The van der Waals surface area contributed by atoms with Crippen molar-refractivity contribution in [2.45, 2.75) is 32.5 Å². The van der Waals surface area contributed by atoms with E-state index >= 15 is 0 Å². The van der Waals surface area contributed by atoms with Gasteiger partial charge >= 0.3 is 0 Å². The number of azide groups is 1. The number of benzene rings is 1. The molecule has 0 spiro atoms. The van der Waals surface area contributed by atoms with Gasteiger partial charge in [-0.25, -0.2) is 0 Å². The second-order valence-electron chi connectivity index (χ2n) is 4.06. The summed E-state index contributed by atoms with van der Waals surface area (Å²) in [5, 5.41) is 14.2. The summed E-state index contributed by atoms with van der Waals surface area (Å²) in [6.07, 6.45) is 1.20. The van der Waals surface area contributed by atoms with Crippen LogP contribution in [0, 0.1) is 10.1 Å². The van der Waals surface area contributed by atoms with Crippen molar-refractivity contribution in [2.24, 2.45) is 5.11 Å². The first-order valence-corrected chi connectivity index (χ1v) is 5.80. The number of hydrogen-bond donors (Lipinski definition) is 0. The molecule has 0 amide bonds. The summed E-state index contributed by atoms with van der Waals surface area (Å²) in [4.78, 5) is 12.9. The van der Waals surface area contributed by atoms with Gasteiger partial charge in [0, 0.05) is 23.8 Å². The minimum Gasteiger partial charge on any atom is -0.448 e. The minimum atomic E-state index is -0.800. The highest BCUT2D eigenvalue weighted by atomic mass is 16.7. The molecular weight excluding hydrogens is 252 g/mol. The van der Waals surface area contributed by atoms with Gasteiger partial charge in [-0.05, 0) is 5.53 Å². The van der Waals surface area contributed by atoms with Crippen LogP contribution >= 0.6 is 0 Å². The van der Waals surface area contributed by atoms with Gasteiger partial charge < -0.3 is 9.47 Å². The fourth-order valence-corrected chi connectivity index (χ4v) is 1.93. The molecule has 0 aromatic heterocycles. The smallest absolute Gasteiger partial charge is 0.282 e. The van der Waals surface area contributed by atoms with Crippen molar-refractivity contribution in [3.8, 4) is 11.5 Å². The first-order chi connectivity index (χ1) is 9.05. The number of ether oxygens (including phenoxy) is 2. The van der Waals surface area contributed by atoms with Crippen molar-refractivity contribution in [1.29, 1.82) is 0 Å². The first kappa shape index (κ1) is 13.0. The Labute approximate surface area is 108 Å². The molecule has 8 nitrogen and oxygen atoms in total. The quantitative estimate of drug-likeness (QED) is 0.270. The minimum absolute atomic E-state index is 0.0853. The van der Waals surface area contributed by atoms with E-state index in [0.29, 0.717) is 24.3 Å². The van der Waals surface area contributed by atoms with Crippen molar-refractivity contribution in [3.05, 3.63) is 32.7 Å². The van der Waals surface area contributed by atoms with Crippen LogP contribution in [0.5, 0.6) is 11.5 Å². The second kappa shape index (κ2) is 4.66. The number of nitro groups is 1. The Bertz CT molecular complexity index is 543. The Hall–Kier alpha value is -2.47. The third-order valence-corrected chi connectivity index (χ3v) is 3.06. The SMILES string of the molecule is CCC1(CC)Oc2cc(N=[N+]=[N-])c([N+](=O)[O-])cc2O1. The summed E-state index contributed by atoms with van der Waals surface area (Å²) in [5.41, 5.74) is 8.05. The van der Waals surface area contributed by atoms with E-state index in [1.165, 1.54) is 12.1 Å². The molecule has 0 fully saturated rings. The maximum Gasteiger partial charge on any atom is 0.282 e. The molecule has 0 N–H and O–H groups in total. The summed E-state index contributed by atoms with van der Waals surface area (Å²) in [6, 6.07) is 2.56. The van der Waals surface area contributed by atoms with Gasteiger partial charge in [0.2, 0.25) is 0 Å². The first-order valence-electron chi connectivity index (χ1n) is 5.80. The molecule has 0 bridgehead atoms. The van der Waals surface area contributed by atoms with Crippen LogP contribution in [-0.4, -0.2) is 10.7 Å². The average Bonchev–Trinajstić information content (AvgIpc) is 2.76. The highest BCUT2D eigenvalue weighted by molar-refractivity contribution is 5.66. The van der Waals surface area contributed by atoms with Gasteiger partial charge in [0.1, 0.15) is 5.69 Å². The zero-order valence-corrected chi connectivity index (χ0v) is 10.5. The van der Waals surface area contributed by atoms with E-state index in [9.17, 15) is 10.1 Å². The topological polar surface area (TPSA) is 110 Å². The molecule has 0 atom stereocenters. The predicted octanol–water partition coefficient (Wildman–Crippen LogP) is 3.82. The number of rotatable bonds is 4. The van der Waals surface area contributed by atoms with Crippen molar-refractivity contribution >= 4 is 11.4 Å². The van der Waals surface area contributed by atoms with E-state index in [2.05, 4.69) is 10.0 Å². The van der Waals surface area contributed by atoms with Crippen LogP contribution < -0.4 is 9.47 Å². The molecule has 1 aromatic carbocycles. The molecule has 1 heterocycles. The Morgan fingerprint density at radius 2 is 1.95 bits per heavy atom. The van der Waals surface area contributed by atoms with Crippen LogP contribution in [-0.2, 0) is 0 Å². The Morgan fingerprint density at radius 3 is 2.42 bits per heavy atom. The molecule has 8 heteroatoms. The molecule has 19 heavy (non-hydrogen) atoms. The third-order valence-electron chi connectivity index (χ3n) is 3.06. The number of nitrogens with zero attached hydrogens (tertiary/aromatic N) is 4. The highest BCUT2D eigenvalue weighted by Gasteiger charge is 2.39. The lowest BCUT2D eigenvalue weighted by atomic mass is 10.1. The van der Waals surface area contributed by atoms with E-state index in [0.717, 1.165) is 0 Å². The molecule has 0 saturated heterocycles. The lowest BCUT2D eigenvalue weighted by Gasteiger charge is -2.24. The largest absolute Gasteiger partial charge is 0.448 e. The van der Waals surface area contributed by atoms with E-state index < -0.39 is 10.7 Å². The van der Waals surface area contributed by atoms with Gasteiger partial charge in [-0.1, -0.05) is 19.0 Å². The summed E-state index contributed by atoms with van der Waals surface area (Å²) in [5.74, 6) is -0.144.